The Labute approximate surface area is 187 Å². The highest BCUT2D eigenvalue weighted by Gasteiger charge is 2.25. The lowest BCUT2D eigenvalue weighted by molar-refractivity contribution is -0.113. The summed E-state index contributed by atoms with van der Waals surface area (Å²) in [5, 5.41) is 11.9. The molecule has 2 aromatic heterocycles. The van der Waals surface area contributed by atoms with Crippen molar-refractivity contribution in [2.24, 2.45) is 12.8 Å². The molecular formula is C20H21N5O4S2. The number of methoxy groups -OCH3 is 1. The highest BCUT2D eigenvalue weighted by atomic mass is 32.2. The number of nitrogens with two attached hydrogens (primary N) is 1. The molecule has 0 aliphatic carbocycles. The van der Waals surface area contributed by atoms with E-state index >= 15 is 0 Å². The van der Waals surface area contributed by atoms with Crippen LogP contribution in [0.1, 0.15) is 31.2 Å². The van der Waals surface area contributed by atoms with Gasteiger partial charge in [-0.1, -0.05) is 35.5 Å². The van der Waals surface area contributed by atoms with E-state index in [1.54, 1.807) is 6.92 Å². The second-order valence-corrected chi connectivity index (χ2v) is 8.65. The third kappa shape index (κ3) is 4.78. The first-order valence-corrected chi connectivity index (χ1v) is 10.9. The van der Waals surface area contributed by atoms with Crippen molar-refractivity contribution >= 4 is 45.9 Å². The fourth-order valence-corrected chi connectivity index (χ4v) is 4.73. The summed E-state index contributed by atoms with van der Waals surface area (Å²) >= 11 is 2.15. The van der Waals surface area contributed by atoms with E-state index < -0.39 is 11.9 Å². The van der Waals surface area contributed by atoms with Gasteiger partial charge < -0.3 is 20.4 Å². The monoisotopic (exact) mass is 459 g/mol. The van der Waals surface area contributed by atoms with Crippen LogP contribution in [0.25, 0.3) is 11.4 Å². The Balaban J connectivity index is 1.74. The molecule has 0 fully saturated rings. The number of thiophene rings is 1. The average Bonchev–Trinajstić information content (AvgIpc) is 3.25. The number of primary amides is 1. The topological polar surface area (TPSA) is 129 Å². The van der Waals surface area contributed by atoms with E-state index in [0.29, 0.717) is 16.5 Å². The number of carbonyl (C=O) groups is 3. The molecule has 9 nitrogen and oxygen atoms in total. The Hall–Kier alpha value is -3.18. The Morgan fingerprint density at radius 1 is 1.26 bits per heavy atom. The lowest BCUT2D eigenvalue weighted by Crippen LogP contribution is -2.16. The highest BCUT2D eigenvalue weighted by Crippen LogP contribution is 2.33. The van der Waals surface area contributed by atoms with Gasteiger partial charge in [-0.05, 0) is 25.5 Å². The number of carbonyl (C=O) groups excluding carboxylic acids is 3. The summed E-state index contributed by atoms with van der Waals surface area (Å²) in [4.78, 5) is 36.4. The van der Waals surface area contributed by atoms with Gasteiger partial charge in [0.25, 0.3) is 5.91 Å². The quantitative estimate of drug-likeness (QED) is 0.410. The van der Waals surface area contributed by atoms with Gasteiger partial charge in [-0.3, -0.25) is 9.59 Å². The van der Waals surface area contributed by atoms with Gasteiger partial charge >= 0.3 is 5.97 Å². The summed E-state index contributed by atoms with van der Waals surface area (Å²) in [6.45, 7) is 3.58. The summed E-state index contributed by atoms with van der Waals surface area (Å²) in [6.07, 6.45) is 0. The molecule has 162 valence electrons. The van der Waals surface area contributed by atoms with Crippen LogP contribution in [0.5, 0.6) is 0 Å². The smallest absolute Gasteiger partial charge is 0.341 e. The molecule has 0 aliphatic heterocycles. The average molecular weight is 460 g/mol. The highest BCUT2D eigenvalue weighted by molar-refractivity contribution is 7.99. The standard InChI is InChI=1S/C20H21N5O4S2/c1-10-6-5-7-12(8-10)17-23-24-20(25(17)3)30-9-13(26)22-18-14(19(28)29-4)11(2)15(31-18)16(21)27/h5-8H,9H2,1-4H3,(H2,21,27)(H,22,26). The summed E-state index contributed by atoms with van der Waals surface area (Å²) in [5.74, 6) is -0.971. The number of hydrogen-bond acceptors (Lipinski definition) is 8. The van der Waals surface area contributed by atoms with Crippen LogP contribution in [-0.2, 0) is 16.6 Å². The molecule has 1 aromatic carbocycles. The van der Waals surface area contributed by atoms with Crippen LogP contribution in [0.15, 0.2) is 29.4 Å². The molecule has 0 bridgehead atoms. The number of anilines is 1. The maximum atomic E-state index is 12.5. The molecule has 0 aliphatic rings. The summed E-state index contributed by atoms with van der Waals surface area (Å²) in [6, 6.07) is 7.90. The molecule has 0 radical (unpaired) electrons. The Bertz CT molecular complexity index is 1170. The molecule has 0 spiro atoms. The zero-order valence-corrected chi connectivity index (χ0v) is 19.0. The van der Waals surface area contributed by atoms with Gasteiger partial charge in [-0.2, -0.15) is 0 Å². The Morgan fingerprint density at radius 2 is 2.00 bits per heavy atom. The molecule has 3 aromatic rings. The van der Waals surface area contributed by atoms with E-state index in [1.165, 1.54) is 18.9 Å². The molecule has 0 unspecified atom stereocenters. The van der Waals surface area contributed by atoms with Crippen LogP contribution in [0.4, 0.5) is 5.00 Å². The summed E-state index contributed by atoms with van der Waals surface area (Å²) in [7, 11) is 3.06. The predicted octanol–water partition coefficient (Wildman–Crippen LogP) is 2.78. The van der Waals surface area contributed by atoms with Gasteiger partial charge in [0.1, 0.15) is 5.00 Å². The van der Waals surface area contributed by atoms with Crippen molar-refractivity contribution in [1.82, 2.24) is 14.8 Å². The van der Waals surface area contributed by atoms with Crippen molar-refractivity contribution in [3.05, 3.63) is 45.8 Å². The van der Waals surface area contributed by atoms with Crippen LogP contribution in [-0.4, -0.2) is 45.4 Å². The van der Waals surface area contributed by atoms with Crippen LogP contribution in [0, 0.1) is 13.8 Å². The summed E-state index contributed by atoms with van der Waals surface area (Å²) in [5.41, 5.74) is 7.91. The largest absolute Gasteiger partial charge is 0.465 e. The van der Waals surface area contributed by atoms with Gasteiger partial charge in [-0.25, -0.2) is 4.79 Å². The lowest BCUT2D eigenvalue weighted by atomic mass is 10.1. The van der Waals surface area contributed by atoms with Gasteiger partial charge in [-0.15, -0.1) is 21.5 Å². The van der Waals surface area contributed by atoms with E-state index in [-0.39, 0.29) is 27.1 Å². The zero-order valence-electron chi connectivity index (χ0n) is 17.4. The van der Waals surface area contributed by atoms with E-state index in [4.69, 9.17) is 10.5 Å². The molecule has 0 atom stereocenters. The van der Waals surface area contributed by atoms with E-state index in [0.717, 1.165) is 22.5 Å². The normalized spacial score (nSPS) is 10.7. The lowest BCUT2D eigenvalue weighted by Gasteiger charge is -2.07. The fraction of sp³-hybridized carbons (Fsp3) is 0.250. The minimum absolute atomic E-state index is 0.0310. The summed E-state index contributed by atoms with van der Waals surface area (Å²) < 4.78 is 6.58. The van der Waals surface area contributed by atoms with Crippen molar-refractivity contribution in [2.75, 3.05) is 18.2 Å². The first kappa shape index (κ1) is 22.5. The van der Waals surface area contributed by atoms with Crippen molar-refractivity contribution in [2.45, 2.75) is 19.0 Å². The first-order chi connectivity index (χ1) is 14.7. The second-order valence-electron chi connectivity index (χ2n) is 6.69. The third-order valence-corrected chi connectivity index (χ3v) is 6.70. The zero-order chi connectivity index (χ0) is 22.7. The van der Waals surface area contributed by atoms with E-state index in [9.17, 15) is 14.4 Å². The van der Waals surface area contributed by atoms with Crippen molar-refractivity contribution < 1.29 is 19.1 Å². The SMILES string of the molecule is COC(=O)c1c(NC(=O)CSc2nnc(-c3cccc(C)c3)n2C)sc(C(N)=O)c1C. The minimum Gasteiger partial charge on any atom is -0.465 e. The number of hydrogen-bond donors (Lipinski definition) is 2. The molecule has 31 heavy (non-hydrogen) atoms. The Kier molecular flexibility index (Phi) is 6.76. The number of nitrogens with one attached hydrogen (secondary N) is 1. The molecule has 2 amide bonds. The van der Waals surface area contributed by atoms with Gasteiger partial charge in [0.15, 0.2) is 11.0 Å². The number of esters is 1. The van der Waals surface area contributed by atoms with Crippen LogP contribution >= 0.6 is 23.1 Å². The maximum absolute atomic E-state index is 12.5. The van der Waals surface area contributed by atoms with Crippen molar-refractivity contribution in [3.8, 4) is 11.4 Å². The van der Waals surface area contributed by atoms with Crippen LogP contribution < -0.4 is 11.1 Å². The number of amides is 2. The number of aryl methyl sites for hydroxylation is 1. The van der Waals surface area contributed by atoms with Gasteiger partial charge in [0.2, 0.25) is 5.91 Å². The number of benzene rings is 1. The number of thioether (sulfide) groups is 1. The Morgan fingerprint density at radius 3 is 2.65 bits per heavy atom. The molecular weight excluding hydrogens is 438 g/mol. The molecule has 2 heterocycles. The molecule has 0 saturated heterocycles. The van der Waals surface area contributed by atoms with E-state index in [2.05, 4.69) is 15.5 Å². The molecule has 0 saturated carbocycles. The number of rotatable bonds is 7. The number of nitrogens with zero attached hydrogens (tertiary/aromatic N) is 3. The van der Waals surface area contributed by atoms with Crippen molar-refractivity contribution in [1.29, 1.82) is 0 Å². The predicted molar refractivity (Wildman–Crippen MR) is 119 cm³/mol. The fourth-order valence-electron chi connectivity index (χ4n) is 2.95. The van der Waals surface area contributed by atoms with Gasteiger partial charge in [0, 0.05) is 12.6 Å². The number of ether oxygens (including phenoxy) is 1. The molecule has 3 rings (SSSR count). The number of aromatic nitrogens is 3. The molecule has 3 N–H and O–H groups in total. The van der Waals surface area contributed by atoms with Crippen molar-refractivity contribution in [3.63, 3.8) is 0 Å². The second kappa shape index (κ2) is 9.31. The maximum Gasteiger partial charge on any atom is 0.341 e. The van der Waals surface area contributed by atoms with Gasteiger partial charge in [0.05, 0.1) is 23.3 Å². The minimum atomic E-state index is -0.676. The first-order valence-electron chi connectivity index (χ1n) is 9.13. The molecule has 11 heteroatoms. The van der Waals surface area contributed by atoms with Crippen LogP contribution in [0.3, 0.4) is 0 Å². The van der Waals surface area contributed by atoms with Crippen LogP contribution in [0.2, 0.25) is 0 Å². The third-order valence-electron chi connectivity index (χ3n) is 4.46. The van der Waals surface area contributed by atoms with E-state index in [1.807, 2.05) is 42.8 Å².